The van der Waals surface area contributed by atoms with E-state index in [-0.39, 0.29) is 0 Å². The molecule has 0 aromatic rings. The summed E-state index contributed by atoms with van der Waals surface area (Å²) in [4.78, 5) is 0. The first-order chi connectivity index (χ1) is 10.3. The first-order valence-corrected chi connectivity index (χ1v) is 10.9. The Morgan fingerprint density at radius 1 is 0.571 bits per heavy atom. The van der Waals surface area contributed by atoms with Gasteiger partial charge in [-0.05, 0) is 25.7 Å². The van der Waals surface area contributed by atoms with Crippen LogP contribution in [0.5, 0.6) is 0 Å². The summed E-state index contributed by atoms with van der Waals surface area (Å²) in [5, 5.41) is 1.40. The van der Waals surface area contributed by atoms with Crippen LogP contribution in [0.3, 0.4) is 0 Å². The highest BCUT2D eigenvalue weighted by Gasteiger charge is 2.13. The summed E-state index contributed by atoms with van der Waals surface area (Å²) in [6.07, 6.45) is 15.8. The first-order valence-electron chi connectivity index (χ1n) is 9.27. The van der Waals surface area contributed by atoms with Gasteiger partial charge >= 0.3 is 0 Å². The second-order valence-electron chi connectivity index (χ2n) is 6.07. The van der Waals surface area contributed by atoms with Crippen LogP contribution in [0.25, 0.3) is 0 Å². The molecule has 3 heteroatoms. The number of hydrogen-bond donors (Lipinski definition) is 0. The molecule has 0 aliphatic rings. The summed E-state index contributed by atoms with van der Waals surface area (Å²) in [7, 11) is 0. The second-order valence-corrected chi connectivity index (χ2v) is 8.34. The van der Waals surface area contributed by atoms with Crippen LogP contribution >= 0.6 is 24.1 Å². The number of unbranched alkanes of at least 4 members (excludes halogenated alkanes) is 4. The Labute approximate surface area is 143 Å². The van der Waals surface area contributed by atoms with E-state index in [0.717, 1.165) is 0 Å². The molecule has 0 bridgehead atoms. The molecule has 0 saturated carbocycles. The molecular weight excluding hydrogens is 296 g/mol. The molecule has 21 heavy (non-hydrogen) atoms. The predicted molar refractivity (Wildman–Crippen MR) is 102 cm³/mol. The van der Waals surface area contributed by atoms with Crippen LogP contribution < -0.4 is 0 Å². The highest BCUT2D eigenvalue weighted by molar-refractivity contribution is 8.08. The van der Waals surface area contributed by atoms with Gasteiger partial charge in [-0.15, -0.1) is 0 Å². The maximum Gasteiger partial charge on any atom is 0.0323 e. The molecular formula is C18H38OS2. The van der Waals surface area contributed by atoms with Crippen LogP contribution in [0.1, 0.15) is 105 Å². The fourth-order valence-electron chi connectivity index (χ4n) is 2.50. The summed E-state index contributed by atoms with van der Waals surface area (Å²) in [5.41, 5.74) is 0. The van der Waals surface area contributed by atoms with Gasteiger partial charge in [0.25, 0.3) is 0 Å². The molecule has 0 spiro atoms. The van der Waals surface area contributed by atoms with E-state index in [1.54, 1.807) is 24.1 Å². The molecule has 1 nitrogen and oxygen atoms in total. The molecule has 0 amide bonds. The molecule has 0 saturated heterocycles. The van der Waals surface area contributed by atoms with Crippen LogP contribution in [0.15, 0.2) is 0 Å². The topological polar surface area (TPSA) is 9.23 Å². The highest BCUT2D eigenvalue weighted by atomic mass is 32.2. The van der Waals surface area contributed by atoms with Crippen LogP contribution in [0.4, 0.5) is 0 Å². The Balaban J connectivity index is 3.88. The van der Waals surface area contributed by atoms with Crippen molar-refractivity contribution in [2.24, 2.45) is 0 Å². The molecule has 0 aliphatic carbocycles. The normalized spacial score (nSPS) is 14.3. The Hall–Kier alpha value is 0.660. The van der Waals surface area contributed by atoms with E-state index >= 15 is 0 Å². The summed E-state index contributed by atoms with van der Waals surface area (Å²) in [6, 6.07) is 0. The molecule has 0 N–H and O–H groups in total. The van der Waals surface area contributed by atoms with Gasteiger partial charge in [-0.3, -0.25) is 0 Å². The third-order valence-corrected chi connectivity index (χ3v) is 5.95. The number of rotatable bonds is 16. The van der Waals surface area contributed by atoms with Gasteiger partial charge in [-0.25, -0.2) is 3.63 Å². The van der Waals surface area contributed by atoms with Crippen molar-refractivity contribution in [3.8, 4) is 0 Å². The van der Waals surface area contributed by atoms with Gasteiger partial charge in [0.2, 0.25) is 0 Å². The molecule has 0 aromatic carbocycles. The van der Waals surface area contributed by atoms with Crippen LogP contribution in [-0.2, 0) is 3.63 Å². The minimum absolute atomic E-state index is 0.701. The zero-order valence-corrected chi connectivity index (χ0v) is 16.5. The standard InChI is InChI=1S/C18H38OS2/c1-5-9-11-15-17(13-7-3)20-19-21-18(14-8-4)16-12-10-6-2/h17-18H,5-16H2,1-4H3. The summed E-state index contributed by atoms with van der Waals surface area (Å²) in [5.74, 6) is 0. The van der Waals surface area contributed by atoms with Gasteiger partial charge in [0, 0.05) is 34.6 Å². The zero-order chi connectivity index (χ0) is 15.8. The first kappa shape index (κ1) is 21.7. The smallest absolute Gasteiger partial charge is 0.0323 e. The Kier molecular flexibility index (Phi) is 17.6. The Bertz CT molecular complexity index is 180. The molecule has 0 fully saturated rings. The van der Waals surface area contributed by atoms with Crippen LogP contribution in [0, 0.1) is 0 Å². The van der Waals surface area contributed by atoms with Crippen LogP contribution in [0.2, 0.25) is 0 Å². The molecule has 0 rings (SSSR count). The van der Waals surface area contributed by atoms with Crippen molar-refractivity contribution in [3.63, 3.8) is 0 Å². The summed E-state index contributed by atoms with van der Waals surface area (Å²) >= 11 is 3.51. The average molecular weight is 335 g/mol. The van der Waals surface area contributed by atoms with E-state index in [9.17, 15) is 0 Å². The Morgan fingerprint density at radius 3 is 1.33 bits per heavy atom. The highest BCUT2D eigenvalue weighted by Crippen LogP contribution is 2.32. The zero-order valence-electron chi connectivity index (χ0n) is 14.9. The molecule has 2 atom stereocenters. The van der Waals surface area contributed by atoms with Crippen molar-refractivity contribution in [2.45, 2.75) is 115 Å². The van der Waals surface area contributed by atoms with Gasteiger partial charge in [0.1, 0.15) is 0 Å². The molecule has 0 aliphatic heterocycles. The Morgan fingerprint density at radius 2 is 1.00 bits per heavy atom. The summed E-state index contributed by atoms with van der Waals surface area (Å²) in [6.45, 7) is 9.12. The maximum atomic E-state index is 5.96. The van der Waals surface area contributed by atoms with Gasteiger partial charge in [-0.1, -0.05) is 79.1 Å². The van der Waals surface area contributed by atoms with E-state index < -0.39 is 0 Å². The van der Waals surface area contributed by atoms with E-state index in [1.165, 1.54) is 77.0 Å². The van der Waals surface area contributed by atoms with E-state index in [0.29, 0.717) is 10.5 Å². The lowest BCUT2D eigenvalue weighted by molar-refractivity contribution is 0.582. The monoisotopic (exact) mass is 334 g/mol. The largest absolute Gasteiger partial charge is 0.247 e. The number of hydrogen-bond acceptors (Lipinski definition) is 3. The molecule has 0 aromatic heterocycles. The molecule has 128 valence electrons. The fraction of sp³-hybridized carbons (Fsp3) is 1.00. The minimum Gasteiger partial charge on any atom is -0.247 e. The van der Waals surface area contributed by atoms with E-state index in [1.807, 2.05) is 0 Å². The lowest BCUT2D eigenvalue weighted by Gasteiger charge is -2.18. The molecule has 0 radical (unpaired) electrons. The van der Waals surface area contributed by atoms with Gasteiger partial charge in [-0.2, -0.15) is 0 Å². The van der Waals surface area contributed by atoms with Gasteiger partial charge < -0.3 is 0 Å². The van der Waals surface area contributed by atoms with Crippen molar-refractivity contribution in [1.82, 2.24) is 0 Å². The fourth-order valence-corrected chi connectivity index (χ4v) is 4.76. The lowest BCUT2D eigenvalue weighted by Crippen LogP contribution is -2.05. The van der Waals surface area contributed by atoms with Crippen molar-refractivity contribution >= 4 is 24.1 Å². The van der Waals surface area contributed by atoms with Gasteiger partial charge in [0.15, 0.2) is 0 Å². The van der Waals surface area contributed by atoms with Crippen molar-refractivity contribution < 1.29 is 3.63 Å². The van der Waals surface area contributed by atoms with Crippen molar-refractivity contribution in [1.29, 1.82) is 0 Å². The SMILES string of the molecule is CCCCCC(CCC)SOSC(CCC)CCCCC. The summed E-state index contributed by atoms with van der Waals surface area (Å²) < 4.78 is 5.96. The third kappa shape index (κ3) is 14.0. The maximum absolute atomic E-state index is 5.96. The second kappa shape index (κ2) is 17.0. The van der Waals surface area contributed by atoms with Crippen LogP contribution in [-0.4, -0.2) is 10.5 Å². The van der Waals surface area contributed by atoms with E-state index in [4.69, 9.17) is 3.63 Å². The minimum atomic E-state index is 0.701. The quantitative estimate of drug-likeness (QED) is 0.210. The van der Waals surface area contributed by atoms with Gasteiger partial charge in [0.05, 0.1) is 0 Å². The van der Waals surface area contributed by atoms with Crippen molar-refractivity contribution in [3.05, 3.63) is 0 Å². The third-order valence-electron chi connectivity index (χ3n) is 3.83. The van der Waals surface area contributed by atoms with E-state index in [2.05, 4.69) is 27.7 Å². The van der Waals surface area contributed by atoms with Crippen molar-refractivity contribution in [2.75, 3.05) is 0 Å². The molecule has 2 unspecified atom stereocenters. The molecule has 0 heterocycles. The average Bonchev–Trinajstić information content (AvgIpc) is 2.47. The lowest BCUT2D eigenvalue weighted by atomic mass is 10.1. The predicted octanol–water partition coefficient (Wildman–Crippen LogP) is 7.80.